The number of ether oxygens (including phenoxy) is 1. The third-order valence-corrected chi connectivity index (χ3v) is 3.90. The van der Waals surface area contributed by atoms with Crippen molar-refractivity contribution in [3.8, 4) is 0 Å². The molecule has 1 rings (SSSR count). The highest BCUT2D eigenvalue weighted by atomic mass is 16.5. The molecule has 1 aliphatic rings. The molecule has 2 unspecified atom stereocenters. The van der Waals surface area contributed by atoms with E-state index in [0.717, 1.165) is 12.5 Å². The Morgan fingerprint density at radius 2 is 1.81 bits per heavy atom. The molecule has 0 bridgehead atoms. The molecule has 1 fully saturated rings. The Morgan fingerprint density at radius 3 is 2.25 bits per heavy atom. The molecular weight excluding hydrogens is 198 g/mol. The molecule has 1 aliphatic carbocycles. The quantitative estimate of drug-likeness (QED) is 0.752. The molecular formula is C14H29NO. The van der Waals surface area contributed by atoms with Crippen molar-refractivity contribution in [2.45, 2.75) is 65.0 Å². The van der Waals surface area contributed by atoms with Crippen LogP contribution in [0.25, 0.3) is 0 Å². The molecule has 16 heavy (non-hydrogen) atoms. The molecule has 0 spiro atoms. The predicted octanol–water partition coefficient (Wildman–Crippen LogP) is 3.22. The van der Waals surface area contributed by atoms with Crippen molar-refractivity contribution >= 4 is 0 Å². The summed E-state index contributed by atoms with van der Waals surface area (Å²) >= 11 is 0. The van der Waals surface area contributed by atoms with Crippen LogP contribution < -0.4 is 5.32 Å². The summed E-state index contributed by atoms with van der Waals surface area (Å²) < 4.78 is 5.80. The van der Waals surface area contributed by atoms with Crippen molar-refractivity contribution in [3.05, 3.63) is 0 Å². The van der Waals surface area contributed by atoms with Gasteiger partial charge in [0.15, 0.2) is 0 Å². The summed E-state index contributed by atoms with van der Waals surface area (Å²) in [6.45, 7) is 7.81. The van der Waals surface area contributed by atoms with Gasteiger partial charge in [0.2, 0.25) is 0 Å². The summed E-state index contributed by atoms with van der Waals surface area (Å²) in [5, 5.41) is 3.61. The van der Waals surface area contributed by atoms with Gasteiger partial charge in [-0.15, -0.1) is 0 Å². The maximum absolute atomic E-state index is 5.80. The van der Waals surface area contributed by atoms with Crippen LogP contribution in [-0.4, -0.2) is 25.8 Å². The van der Waals surface area contributed by atoms with Crippen LogP contribution in [0.1, 0.15) is 52.9 Å². The van der Waals surface area contributed by atoms with E-state index in [9.17, 15) is 0 Å². The van der Waals surface area contributed by atoms with E-state index < -0.39 is 0 Å². The second kappa shape index (κ2) is 7.29. The SMILES string of the molecule is CCNC(C(C)C)C(OC)C1CCCCC1. The first-order valence-electron chi connectivity index (χ1n) is 6.96. The van der Waals surface area contributed by atoms with E-state index in [-0.39, 0.29) is 0 Å². The lowest BCUT2D eigenvalue weighted by Gasteiger charge is -2.37. The van der Waals surface area contributed by atoms with Crippen LogP contribution in [0.15, 0.2) is 0 Å². The molecule has 0 aromatic carbocycles. The van der Waals surface area contributed by atoms with Gasteiger partial charge in [-0.2, -0.15) is 0 Å². The van der Waals surface area contributed by atoms with Crippen molar-refractivity contribution in [2.75, 3.05) is 13.7 Å². The summed E-state index contributed by atoms with van der Waals surface area (Å²) in [7, 11) is 1.88. The Morgan fingerprint density at radius 1 is 1.19 bits per heavy atom. The van der Waals surface area contributed by atoms with Gasteiger partial charge in [0.25, 0.3) is 0 Å². The monoisotopic (exact) mass is 227 g/mol. The summed E-state index contributed by atoms with van der Waals surface area (Å²) in [6.07, 6.45) is 7.31. The Labute approximate surface area is 101 Å². The first kappa shape index (κ1) is 14.0. The van der Waals surface area contributed by atoms with E-state index >= 15 is 0 Å². The topological polar surface area (TPSA) is 21.3 Å². The molecule has 1 saturated carbocycles. The van der Waals surface area contributed by atoms with E-state index in [0.29, 0.717) is 18.1 Å². The zero-order chi connectivity index (χ0) is 12.0. The van der Waals surface area contributed by atoms with Crippen LogP contribution in [0.4, 0.5) is 0 Å². The number of likely N-dealkylation sites (N-methyl/N-ethyl adjacent to an activating group) is 1. The first-order valence-corrected chi connectivity index (χ1v) is 6.96. The van der Waals surface area contributed by atoms with Crippen molar-refractivity contribution in [2.24, 2.45) is 11.8 Å². The smallest absolute Gasteiger partial charge is 0.0754 e. The predicted molar refractivity (Wildman–Crippen MR) is 69.7 cm³/mol. The average Bonchev–Trinajstić information content (AvgIpc) is 2.30. The summed E-state index contributed by atoms with van der Waals surface area (Å²) in [5.74, 6) is 1.41. The fourth-order valence-electron chi connectivity index (χ4n) is 3.06. The van der Waals surface area contributed by atoms with E-state index in [2.05, 4.69) is 26.1 Å². The molecule has 0 radical (unpaired) electrons. The Bertz CT molecular complexity index is 176. The molecule has 1 N–H and O–H groups in total. The van der Waals surface area contributed by atoms with Gasteiger partial charge in [0.05, 0.1) is 6.10 Å². The van der Waals surface area contributed by atoms with E-state index in [1.165, 1.54) is 32.1 Å². The molecule has 2 heteroatoms. The maximum Gasteiger partial charge on any atom is 0.0754 e. The second-order valence-electron chi connectivity index (χ2n) is 5.43. The molecule has 96 valence electrons. The van der Waals surface area contributed by atoms with Crippen LogP contribution in [0.3, 0.4) is 0 Å². The molecule has 0 aromatic heterocycles. The van der Waals surface area contributed by atoms with Gasteiger partial charge >= 0.3 is 0 Å². The van der Waals surface area contributed by atoms with Gasteiger partial charge in [-0.1, -0.05) is 40.0 Å². The Hall–Kier alpha value is -0.0800. The molecule has 0 amide bonds. The number of hydrogen-bond donors (Lipinski definition) is 1. The molecule has 0 saturated heterocycles. The normalized spacial score (nSPS) is 22.3. The summed E-state index contributed by atoms with van der Waals surface area (Å²) in [6, 6.07) is 0.512. The zero-order valence-electron chi connectivity index (χ0n) is 11.5. The van der Waals surface area contributed by atoms with Crippen LogP contribution in [0, 0.1) is 11.8 Å². The average molecular weight is 227 g/mol. The van der Waals surface area contributed by atoms with Crippen molar-refractivity contribution in [1.29, 1.82) is 0 Å². The van der Waals surface area contributed by atoms with Crippen LogP contribution >= 0.6 is 0 Å². The number of rotatable bonds is 6. The maximum atomic E-state index is 5.80. The zero-order valence-corrected chi connectivity index (χ0v) is 11.5. The van der Waals surface area contributed by atoms with Crippen molar-refractivity contribution < 1.29 is 4.74 Å². The second-order valence-corrected chi connectivity index (χ2v) is 5.43. The lowest BCUT2D eigenvalue weighted by Crippen LogP contribution is -2.48. The van der Waals surface area contributed by atoms with Crippen LogP contribution in [0.2, 0.25) is 0 Å². The fourth-order valence-corrected chi connectivity index (χ4v) is 3.06. The highest BCUT2D eigenvalue weighted by Gasteiger charge is 2.31. The highest BCUT2D eigenvalue weighted by molar-refractivity contribution is 4.86. The standard InChI is InChI=1S/C14H29NO/c1-5-15-13(11(2)3)14(16-4)12-9-7-6-8-10-12/h11-15H,5-10H2,1-4H3. The van der Waals surface area contributed by atoms with Gasteiger partial charge in [-0.05, 0) is 31.2 Å². The molecule has 2 nitrogen and oxygen atoms in total. The molecule has 0 aromatic rings. The van der Waals surface area contributed by atoms with Crippen molar-refractivity contribution in [3.63, 3.8) is 0 Å². The Balaban J connectivity index is 2.60. The first-order chi connectivity index (χ1) is 7.70. The van der Waals surface area contributed by atoms with E-state index in [1.807, 2.05) is 7.11 Å². The van der Waals surface area contributed by atoms with Crippen LogP contribution in [0.5, 0.6) is 0 Å². The lowest BCUT2D eigenvalue weighted by atomic mass is 9.80. The summed E-state index contributed by atoms with van der Waals surface area (Å²) in [4.78, 5) is 0. The fraction of sp³-hybridized carbons (Fsp3) is 1.00. The number of hydrogen-bond acceptors (Lipinski definition) is 2. The third-order valence-electron chi connectivity index (χ3n) is 3.90. The Kier molecular flexibility index (Phi) is 6.37. The van der Waals surface area contributed by atoms with Gasteiger partial charge in [0.1, 0.15) is 0 Å². The molecule has 0 heterocycles. The van der Waals surface area contributed by atoms with Gasteiger partial charge in [-0.3, -0.25) is 0 Å². The third kappa shape index (κ3) is 3.74. The number of nitrogens with one attached hydrogen (secondary N) is 1. The van der Waals surface area contributed by atoms with Crippen LogP contribution in [-0.2, 0) is 4.74 Å². The minimum absolute atomic E-state index is 0.403. The molecule has 2 atom stereocenters. The largest absolute Gasteiger partial charge is 0.380 e. The molecule has 0 aliphatic heterocycles. The van der Waals surface area contributed by atoms with Crippen molar-refractivity contribution in [1.82, 2.24) is 5.32 Å². The van der Waals surface area contributed by atoms with Gasteiger partial charge in [-0.25, -0.2) is 0 Å². The highest BCUT2D eigenvalue weighted by Crippen LogP contribution is 2.30. The minimum Gasteiger partial charge on any atom is -0.380 e. The minimum atomic E-state index is 0.403. The van der Waals surface area contributed by atoms with Gasteiger partial charge < -0.3 is 10.1 Å². The van der Waals surface area contributed by atoms with Gasteiger partial charge in [0, 0.05) is 13.2 Å². The van der Waals surface area contributed by atoms with E-state index in [4.69, 9.17) is 4.74 Å². The summed E-state index contributed by atoms with van der Waals surface area (Å²) in [5.41, 5.74) is 0. The lowest BCUT2D eigenvalue weighted by molar-refractivity contribution is -0.00322. The van der Waals surface area contributed by atoms with E-state index in [1.54, 1.807) is 0 Å². The number of methoxy groups -OCH3 is 1.